The Morgan fingerprint density at radius 3 is 3.09 bits per heavy atom. The number of phenolic OH excluding ortho intramolecular Hbond substituents is 1. The van der Waals surface area contributed by atoms with Gasteiger partial charge < -0.3 is 9.84 Å². The topological polar surface area (TPSA) is 29.5 Å². The zero-order valence-corrected chi connectivity index (χ0v) is 13.4. The standard InChI is InChI=1S/C21H30O2/c1-5-6-7-8-15-12-18(22)20-16-11-14(2)9-10-17(16)21(3,4)23-19(20)13-15/h11-13,16-17,22H,5-10H2,1-4H3/t16-,17-/m1/s1/i3D3,4D3,8D2,10D2,11D,17D. The number of phenols is 1. The zero-order chi connectivity index (χ0) is 27.0. The van der Waals surface area contributed by atoms with Gasteiger partial charge in [-0.05, 0) is 63.9 Å². The van der Waals surface area contributed by atoms with Crippen LogP contribution in [0.3, 0.4) is 0 Å². The summed E-state index contributed by atoms with van der Waals surface area (Å²) >= 11 is 0. The van der Waals surface area contributed by atoms with Crippen molar-refractivity contribution in [3.05, 3.63) is 34.9 Å². The molecule has 0 bridgehead atoms. The quantitative estimate of drug-likeness (QED) is 0.715. The van der Waals surface area contributed by atoms with E-state index in [1.54, 1.807) is 0 Å². The number of hydrogen-bond donors (Lipinski definition) is 1. The molecular weight excluding hydrogens is 284 g/mol. The van der Waals surface area contributed by atoms with E-state index in [0.29, 0.717) is 12.8 Å². The van der Waals surface area contributed by atoms with Crippen LogP contribution in [0.5, 0.6) is 11.5 Å². The minimum atomic E-state index is -3.55. The lowest BCUT2D eigenvalue weighted by atomic mass is 9.68. The second-order valence-corrected chi connectivity index (χ2v) is 6.10. The molecule has 0 fully saturated rings. The number of aromatic hydroxyl groups is 1. The Labute approximate surface area is 157 Å². The Bertz CT molecular complexity index is 1030. The van der Waals surface area contributed by atoms with Crippen molar-refractivity contribution in [3.63, 3.8) is 0 Å². The predicted octanol–water partition coefficient (Wildman–Crippen LogP) is 5.74. The first-order chi connectivity index (χ1) is 15.7. The van der Waals surface area contributed by atoms with Gasteiger partial charge in [0.2, 0.25) is 0 Å². The van der Waals surface area contributed by atoms with Gasteiger partial charge in [-0.25, -0.2) is 0 Å². The van der Waals surface area contributed by atoms with Crippen LogP contribution in [-0.4, -0.2) is 10.7 Å². The van der Waals surface area contributed by atoms with Crippen molar-refractivity contribution in [2.24, 2.45) is 5.89 Å². The molecule has 2 heteroatoms. The first kappa shape index (κ1) is 7.21. The molecule has 1 heterocycles. The fraction of sp³-hybridized carbons (Fsp3) is 0.619. The molecular formula is C21H30O2. The molecule has 0 saturated heterocycles. The molecule has 1 aliphatic heterocycles. The summed E-state index contributed by atoms with van der Waals surface area (Å²) in [6.45, 7) is -3.79. The Balaban J connectivity index is 2.48. The van der Waals surface area contributed by atoms with Crippen molar-refractivity contribution in [2.45, 2.75) is 77.5 Å². The van der Waals surface area contributed by atoms with Crippen molar-refractivity contribution >= 4 is 0 Å². The second-order valence-electron chi connectivity index (χ2n) is 6.10. The third kappa shape index (κ3) is 3.13. The number of fused-ring (bicyclic) bond motifs is 3. The molecule has 2 nitrogen and oxygen atoms in total. The molecule has 1 N–H and O–H groups in total. The van der Waals surface area contributed by atoms with Crippen molar-refractivity contribution in [2.75, 3.05) is 0 Å². The van der Waals surface area contributed by atoms with Gasteiger partial charge >= 0.3 is 0 Å². The van der Waals surface area contributed by atoms with Gasteiger partial charge in [-0.3, -0.25) is 0 Å². The highest BCUT2D eigenvalue weighted by atomic mass is 16.5. The van der Waals surface area contributed by atoms with Crippen LogP contribution in [0.1, 0.15) is 93.1 Å². The average Bonchev–Trinajstić information content (AvgIpc) is 2.68. The molecule has 1 aromatic carbocycles. The smallest absolute Gasteiger partial charge is 0.127 e. The molecule has 0 amide bonds. The predicted molar refractivity (Wildman–Crippen MR) is 95.3 cm³/mol. The van der Waals surface area contributed by atoms with E-state index < -0.39 is 61.8 Å². The summed E-state index contributed by atoms with van der Waals surface area (Å²) in [7, 11) is 0. The summed E-state index contributed by atoms with van der Waals surface area (Å²) in [5, 5.41) is 11.0. The Hall–Kier alpha value is -1.44. The lowest BCUT2D eigenvalue weighted by molar-refractivity contribution is 0.0107. The molecule has 0 radical (unpaired) electrons. The van der Waals surface area contributed by atoms with Crippen LogP contribution in [-0.2, 0) is 6.37 Å². The van der Waals surface area contributed by atoms with Crippen LogP contribution in [0.15, 0.2) is 23.8 Å². The summed E-state index contributed by atoms with van der Waals surface area (Å²) in [6, 6.07) is 1.85. The molecule has 126 valence electrons. The maximum absolute atomic E-state index is 11.0. The van der Waals surface area contributed by atoms with Gasteiger partial charge in [-0.15, -0.1) is 0 Å². The van der Waals surface area contributed by atoms with E-state index in [0.717, 1.165) is 12.1 Å². The van der Waals surface area contributed by atoms with E-state index in [9.17, 15) is 6.48 Å². The molecule has 0 spiro atoms. The summed E-state index contributed by atoms with van der Waals surface area (Å²) in [4.78, 5) is 0. The van der Waals surface area contributed by atoms with Crippen molar-refractivity contribution in [1.29, 1.82) is 0 Å². The van der Waals surface area contributed by atoms with Crippen LogP contribution in [0, 0.1) is 5.89 Å². The maximum atomic E-state index is 11.0. The Kier molecular flexibility index (Phi) is 1.95. The van der Waals surface area contributed by atoms with Crippen molar-refractivity contribution in [1.82, 2.24) is 0 Å². The molecule has 2 aliphatic rings. The number of allylic oxidation sites excluding steroid dienone is 2. The molecule has 3 rings (SSSR count). The maximum Gasteiger partial charge on any atom is 0.127 e. The van der Waals surface area contributed by atoms with Crippen LogP contribution >= 0.6 is 0 Å². The summed E-state index contributed by atoms with van der Waals surface area (Å²) in [5.41, 5.74) is -3.59. The van der Waals surface area contributed by atoms with Gasteiger partial charge in [0.05, 0.1) is 1.37 Å². The lowest BCUT2D eigenvalue weighted by Gasteiger charge is -2.46. The van der Waals surface area contributed by atoms with E-state index >= 15 is 0 Å². The number of hydrogen-bond acceptors (Lipinski definition) is 2. The number of aryl methyl sites for hydroxylation is 1. The third-order valence-electron chi connectivity index (χ3n) is 4.13. The van der Waals surface area contributed by atoms with Gasteiger partial charge in [0.25, 0.3) is 0 Å². The molecule has 2 atom stereocenters. The summed E-state index contributed by atoms with van der Waals surface area (Å²) in [5.74, 6) is -5.93. The third-order valence-corrected chi connectivity index (χ3v) is 4.13. The summed E-state index contributed by atoms with van der Waals surface area (Å²) in [6.07, 6.45) is -4.02. The highest BCUT2D eigenvalue weighted by Crippen LogP contribution is 2.53. The highest BCUT2D eigenvalue weighted by Gasteiger charge is 2.45. The second kappa shape index (κ2) is 6.22. The number of ether oxygens (including phenoxy) is 1. The highest BCUT2D eigenvalue weighted by molar-refractivity contribution is 5.53. The minimum Gasteiger partial charge on any atom is -0.507 e. The van der Waals surface area contributed by atoms with E-state index in [-0.39, 0.29) is 29.2 Å². The number of unbranched alkanes of at least 4 members (excludes halogenated alkanes) is 1. The van der Waals surface area contributed by atoms with E-state index in [1.807, 2.05) is 6.92 Å². The van der Waals surface area contributed by atoms with E-state index in [2.05, 4.69) is 0 Å². The van der Waals surface area contributed by atoms with Gasteiger partial charge in [0, 0.05) is 32.5 Å². The Morgan fingerprint density at radius 2 is 2.35 bits per heavy atom. The molecule has 1 aromatic rings. The van der Waals surface area contributed by atoms with Crippen LogP contribution in [0.2, 0.25) is 0 Å². The molecule has 1 aliphatic carbocycles. The number of rotatable bonds is 4. The van der Waals surface area contributed by atoms with Crippen LogP contribution in [0.4, 0.5) is 0 Å². The van der Waals surface area contributed by atoms with Gasteiger partial charge in [0.15, 0.2) is 0 Å². The van der Waals surface area contributed by atoms with Crippen LogP contribution < -0.4 is 4.74 Å². The Morgan fingerprint density at radius 1 is 1.52 bits per heavy atom. The van der Waals surface area contributed by atoms with Gasteiger partial charge in [-0.1, -0.05) is 31.4 Å². The first-order valence-electron chi connectivity index (χ1n) is 13.9. The largest absolute Gasteiger partial charge is 0.507 e. The molecule has 0 unspecified atom stereocenters. The first-order valence-corrected chi connectivity index (χ1v) is 7.92. The normalized spacial score (nSPS) is 40.3. The lowest BCUT2D eigenvalue weighted by Crippen LogP contribution is -2.45. The zero-order valence-electron chi connectivity index (χ0n) is 25.4. The minimum absolute atomic E-state index is 0.0719. The van der Waals surface area contributed by atoms with Crippen molar-refractivity contribution < 1.29 is 26.3 Å². The number of benzene rings is 1. The monoisotopic (exact) mass is 326 g/mol. The van der Waals surface area contributed by atoms with Crippen molar-refractivity contribution in [3.8, 4) is 11.5 Å². The SMILES string of the molecule is [2H]C1=C(C)CC([2H])([2H])[C@]2([2H])[C@@H]1c1c(O)cc(C([2H])([2H])CCCC)cc1OC2(C([2H])([2H])[2H])C([2H])([2H])[2H]. The molecule has 0 aromatic heterocycles. The van der Waals surface area contributed by atoms with Crippen LogP contribution in [0.25, 0.3) is 0 Å². The average molecular weight is 327 g/mol. The van der Waals surface area contributed by atoms with Gasteiger partial charge in [-0.2, -0.15) is 0 Å². The summed E-state index contributed by atoms with van der Waals surface area (Å²) < 4.78 is 107. The molecule has 0 saturated carbocycles. The van der Waals surface area contributed by atoms with E-state index in [4.69, 9.17) is 19.8 Å². The van der Waals surface area contributed by atoms with E-state index in [1.165, 1.54) is 6.92 Å². The fourth-order valence-electron chi connectivity index (χ4n) is 2.96. The molecule has 23 heavy (non-hydrogen) atoms. The van der Waals surface area contributed by atoms with Gasteiger partial charge in [0.1, 0.15) is 17.1 Å². The fourth-order valence-corrected chi connectivity index (χ4v) is 2.96.